The van der Waals surface area contributed by atoms with E-state index >= 15 is 0 Å². The van der Waals surface area contributed by atoms with E-state index in [2.05, 4.69) is 23.7 Å². The molecule has 118 valence electrons. The second-order valence-corrected chi connectivity index (χ2v) is 6.92. The molecule has 2 aliphatic rings. The summed E-state index contributed by atoms with van der Waals surface area (Å²) in [6.45, 7) is 7.95. The van der Waals surface area contributed by atoms with Gasteiger partial charge in [-0.05, 0) is 18.8 Å². The van der Waals surface area contributed by atoms with Gasteiger partial charge in [0.25, 0.3) is 0 Å². The highest BCUT2D eigenvalue weighted by Gasteiger charge is 2.26. The Bertz CT molecular complexity index is 453. The fourth-order valence-electron chi connectivity index (χ4n) is 4.07. The summed E-state index contributed by atoms with van der Waals surface area (Å²) >= 11 is 0. The van der Waals surface area contributed by atoms with Crippen LogP contribution in [0.25, 0.3) is 0 Å². The summed E-state index contributed by atoms with van der Waals surface area (Å²) in [5.41, 5.74) is 2.88. The molecule has 0 aromatic carbocycles. The molecule has 0 saturated heterocycles. The van der Waals surface area contributed by atoms with E-state index in [1.165, 1.54) is 63.0 Å². The molecular weight excluding hydrogens is 258 g/mol. The SMILES string of the molecule is CCC(CC)Cn1c(C2CCCCC2)nc2c1CCNC2. The van der Waals surface area contributed by atoms with Crippen LogP contribution in [-0.4, -0.2) is 16.1 Å². The van der Waals surface area contributed by atoms with Gasteiger partial charge in [-0.25, -0.2) is 4.98 Å². The van der Waals surface area contributed by atoms with Crippen LogP contribution in [0.1, 0.15) is 81.9 Å². The Kier molecular flexibility index (Phi) is 4.99. The van der Waals surface area contributed by atoms with E-state index in [1.54, 1.807) is 5.69 Å². The largest absolute Gasteiger partial charge is 0.331 e. The quantitative estimate of drug-likeness (QED) is 0.887. The Hall–Kier alpha value is -0.830. The molecule has 21 heavy (non-hydrogen) atoms. The fourth-order valence-corrected chi connectivity index (χ4v) is 4.07. The first-order valence-corrected chi connectivity index (χ1v) is 9.12. The minimum Gasteiger partial charge on any atom is -0.331 e. The van der Waals surface area contributed by atoms with Gasteiger partial charge in [0.15, 0.2) is 0 Å². The summed E-state index contributed by atoms with van der Waals surface area (Å²) in [5, 5.41) is 3.49. The Labute approximate surface area is 129 Å². The maximum Gasteiger partial charge on any atom is 0.112 e. The summed E-state index contributed by atoms with van der Waals surface area (Å²) in [5.74, 6) is 2.95. The van der Waals surface area contributed by atoms with Crippen molar-refractivity contribution < 1.29 is 0 Å². The summed E-state index contributed by atoms with van der Waals surface area (Å²) < 4.78 is 2.64. The van der Waals surface area contributed by atoms with E-state index in [0.717, 1.165) is 31.3 Å². The van der Waals surface area contributed by atoms with Crippen molar-refractivity contribution in [3.63, 3.8) is 0 Å². The van der Waals surface area contributed by atoms with Crippen molar-refractivity contribution >= 4 is 0 Å². The lowest BCUT2D eigenvalue weighted by molar-refractivity contribution is 0.370. The molecule has 1 aromatic rings. The topological polar surface area (TPSA) is 29.9 Å². The highest BCUT2D eigenvalue weighted by molar-refractivity contribution is 5.22. The van der Waals surface area contributed by atoms with Crippen molar-refractivity contribution in [2.75, 3.05) is 6.54 Å². The van der Waals surface area contributed by atoms with Gasteiger partial charge >= 0.3 is 0 Å². The van der Waals surface area contributed by atoms with Crippen LogP contribution in [0.15, 0.2) is 0 Å². The monoisotopic (exact) mass is 289 g/mol. The molecule has 1 fully saturated rings. The first kappa shape index (κ1) is 15.1. The Morgan fingerprint density at radius 3 is 2.67 bits per heavy atom. The van der Waals surface area contributed by atoms with E-state index in [0.29, 0.717) is 0 Å². The summed E-state index contributed by atoms with van der Waals surface area (Å²) in [6, 6.07) is 0. The number of nitrogens with one attached hydrogen (secondary N) is 1. The van der Waals surface area contributed by atoms with Gasteiger partial charge in [-0.3, -0.25) is 0 Å². The van der Waals surface area contributed by atoms with Gasteiger partial charge in [-0.15, -0.1) is 0 Å². The molecule has 0 amide bonds. The van der Waals surface area contributed by atoms with Gasteiger partial charge in [0.1, 0.15) is 5.82 Å². The molecule has 1 aromatic heterocycles. The zero-order valence-electron chi connectivity index (χ0n) is 13.8. The molecule has 0 spiro atoms. The average Bonchev–Trinajstić information content (AvgIpc) is 2.92. The molecule has 3 heteroatoms. The van der Waals surface area contributed by atoms with Crippen LogP contribution in [0.4, 0.5) is 0 Å². The van der Waals surface area contributed by atoms with Crippen LogP contribution >= 0.6 is 0 Å². The van der Waals surface area contributed by atoms with Gasteiger partial charge in [-0.1, -0.05) is 46.0 Å². The number of hydrogen-bond acceptors (Lipinski definition) is 2. The van der Waals surface area contributed by atoms with Crippen molar-refractivity contribution in [1.82, 2.24) is 14.9 Å². The van der Waals surface area contributed by atoms with Crippen molar-refractivity contribution in [3.05, 3.63) is 17.2 Å². The van der Waals surface area contributed by atoms with Crippen molar-refractivity contribution in [1.29, 1.82) is 0 Å². The average molecular weight is 289 g/mol. The molecule has 1 aliphatic heterocycles. The Balaban J connectivity index is 1.91. The third-order valence-corrected chi connectivity index (χ3v) is 5.58. The molecule has 1 N–H and O–H groups in total. The predicted octanol–water partition coefficient (Wildman–Crippen LogP) is 4.01. The normalized spacial score (nSPS) is 20.0. The summed E-state index contributed by atoms with van der Waals surface area (Å²) in [7, 11) is 0. The molecule has 0 bridgehead atoms. The first-order chi connectivity index (χ1) is 10.3. The third kappa shape index (κ3) is 3.18. The van der Waals surface area contributed by atoms with Gasteiger partial charge in [0, 0.05) is 37.7 Å². The van der Waals surface area contributed by atoms with E-state index in [-0.39, 0.29) is 0 Å². The second kappa shape index (κ2) is 6.95. The van der Waals surface area contributed by atoms with E-state index in [4.69, 9.17) is 4.98 Å². The first-order valence-electron chi connectivity index (χ1n) is 9.12. The van der Waals surface area contributed by atoms with Crippen LogP contribution in [0.3, 0.4) is 0 Å². The van der Waals surface area contributed by atoms with Gasteiger partial charge in [0.2, 0.25) is 0 Å². The Morgan fingerprint density at radius 2 is 1.95 bits per heavy atom. The molecule has 0 radical (unpaired) electrons. The molecule has 0 atom stereocenters. The predicted molar refractivity (Wildman–Crippen MR) is 87.5 cm³/mol. The molecule has 3 nitrogen and oxygen atoms in total. The smallest absolute Gasteiger partial charge is 0.112 e. The van der Waals surface area contributed by atoms with E-state index < -0.39 is 0 Å². The van der Waals surface area contributed by atoms with Gasteiger partial charge < -0.3 is 9.88 Å². The lowest BCUT2D eigenvalue weighted by Crippen LogP contribution is -2.26. The maximum atomic E-state index is 5.10. The summed E-state index contributed by atoms with van der Waals surface area (Å²) in [6.07, 6.45) is 10.6. The molecule has 1 saturated carbocycles. The molecule has 3 rings (SSSR count). The number of imidazole rings is 1. The van der Waals surface area contributed by atoms with Crippen molar-refractivity contribution in [2.45, 2.75) is 84.2 Å². The van der Waals surface area contributed by atoms with Crippen molar-refractivity contribution in [2.24, 2.45) is 5.92 Å². The summed E-state index contributed by atoms with van der Waals surface area (Å²) in [4.78, 5) is 5.10. The van der Waals surface area contributed by atoms with Crippen LogP contribution in [-0.2, 0) is 19.5 Å². The third-order valence-electron chi connectivity index (χ3n) is 5.58. The lowest BCUT2D eigenvalue weighted by atomic mass is 9.88. The molecule has 0 unspecified atom stereocenters. The molecule has 1 aliphatic carbocycles. The lowest BCUT2D eigenvalue weighted by Gasteiger charge is -2.25. The fraction of sp³-hybridized carbons (Fsp3) is 0.833. The minimum atomic E-state index is 0.721. The second-order valence-electron chi connectivity index (χ2n) is 6.92. The van der Waals surface area contributed by atoms with Crippen LogP contribution < -0.4 is 5.32 Å². The maximum absolute atomic E-state index is 5.10. The van der Waals surface area contributed by atoms with Gasteiger partial charge in [0.05, 0.1) is 5.69 Å². The van der Waals surface area contributed by atoms with Crippen molar-refractivity contribution in [3.8, 4) is 0 Å². The van der Waals surface area contributed by atoms with Crippen LogP contribution in [0.2, 0.25) is 0 Å². The zero-order chi connectivity index (χ0) is 14.7. The van der Waals surface area contributed by atoms with E-state index in [9.17, 15) is 0 Å². The highest BCUT2D eigenvalue weighted by atomic mass is 15.1. The van der Waals surface area contributed by atoms with Crippen LogP contribution in [0.5, 0.6) is 0 Å². The van der Waals surface area contributed by atoms with Gasteiger partial charge in [-0.2, -0.15) is 0 Å². The highest BCUT2D eigenvalue weighted by Crippen LogP contribution is 2.34. The number of fused-ring (bicyclic) bond motifs is 1. The van der Waals surface area contributed by atoms with Crippen LogP contribution in [0, 0.1) is 5.92 Å². The Morgan fingerprint density at radius 1 is 1.19 bits per heavy atom. The number of nitrogens with zero attached hydrogens (tertiary/aromatic N) is 2. The number of hydrogen-bond donors (Lipinski definition) is 1. The zero-order valence-corrected chi connectivity index (χ0v) is 13.8. The minimum absolute atomic E-state index is 0.721. The molecule has 2 heterocycles. The van der Waals surface area contributed by atoms with E-state index in [1.807, 2.05) is 0 Å². The molecular formula is C18H31N3. The standard InChI is InChI=1S/C18H31N3/c1-3-14(4-2)13-21-17-10-11-19-12-16(17)20-18(21)15-8-6-5-7-9-15/h14-15,19H,3-13H2,1-2H3. The number of aromatic nitrogens is 2. The number of rotatable bonds is 5.